The standard InChI is InChI=1S/C14H12O/c1-9(15)13-8-11-6-2-4-10-5-3-7-12(13)14(10)11/h2-7,15H,8H2,1H3/b13-9-. The summed E-state index contributed by atoms with van der Waals surface area (Å²) in [6, 6.07) is 12.6. The van der Waals surface area contributed by atoms with E-state index in [1.54, 1.807) is 6.92 Å². The first-order valence-corrected chi connectivity index (χ1v) is 5.17. The fourth-order valence-electron chi connectivity index (χ4n) is 2.43. The van der Waals surface area contributed by atoms with Crippen molar-refractivity contribution < 1.29 is 5.11 Å². The van der Waals surface area contributed by atoms with Crippen molar-refractivity contribution in [1.29, 1.82) is 0 Å². The van der Waals surface area contributed by atoms with Crippen LogP contribution in [0.2, 0.25) is 0 Å². The van der Waals surface area contributed by atoms with Crippen LogP contribution in [0.5, 0.6) is 0 Å². The first-order chi connectivity index (χ1) is 7.27. The van der Waals surface area contributed by atoms with Gasteiger partial charge in [-0.1, -0.05) is 36.4 Å². The van der Waals surface area contributed by atoms with E-state index in [1.807, 2.05) is 0 Å². The van der Waals surface area contributed by atoms with Crippen LogP contribution in [0.25, 0.3) is 16.3 Å². The maximum atomic E-state index is 9.66. The van der Waals surface area contributed by atoms with Gasteiger partial charge < -0.3 is 5.11 Å². The molecule has 1 nitrogen and oxygen atoms in total. The molecular formula is C14H12O. The van der Waals surface area contributed by atoms with E-state index in [-0.39, 0.29) is 0 Å². The zero-order valence-corrected chi connectivity index (χ0v) is 8.62. The molecule has 0 aliphatic heterocycles. The normalized spacial score (nSPS) is 17.1. The minimum absolute atomic E-state index is 0.443. The van der Waals surface area contributed by atoms with Gasteiger partial charge in [0.15, 0.2) is 0 Å². The molecule has 0 bridgehead atoms. The van der Waals surface area contributed by atoms with Crippen molar-refractivity contribution in [2.45, 2.75) is 13.3 Å². The average molecular weight is 196 g/mol. The van der Waals surface area contributed by atoms with Gasteiger partial charge in [-0.3, -0.25) is 0 Å². The highest BCUT2D eigenvalue weighted by atomic mass is 16.3. The number of aliphatic hydroxyl groups is 1. The average Bonchev–Trinajstić information content (AvgIpc) is 2.61. The van der Waals surface area contributed by atoms with Gasteiger partial charge in [-0.15, -0.1) is 0 Å². The highest BCUT2D eigenvalue weighted by Crippen LogP contribution is 2.38. The summed E-state index contributed by atoms with van der Waals surface area (Å²) in [5, 5.41) is 12.2. The lowest BCUT2D eigenvalue weighted by Gasteiger charge is -2.01. The van der Waals surface area contributed by atoms with Crippen molar-refractivity contribution in [2.24, 2.45) is 0 Å². The first kappa shape index (κ1) is 8.54. The van der Waals surface area contributed by atoms with Gasteiger partial charge in [0.2, 0.25) is 0 Å². The summed E-state index contributed by atoms with van der Waals surface area (Å²) in [5.74, 6) is 0.443. The van der Waals surface area contributed by atoms with Crippen LogP contribution >= 0.6 is 0 Å². The molecule has 0 unspecified atom stereocenters. The van der Waals surface area contributed by atoms with Crippen LogP contribution in [-0.2, 0) is 6.42 Å². The third kappa shape index (κ3) is 1.09. The second kappa shape index (κ2) is 2.86. The fraction of sp³-hybridized carbons (Fsp3) is 0.143. The van der Waals surface area contributed by atoms with Crippen molar-refractivity contribution >= 4 is 16.3 Å². The molecule has 1 heteroatoms. The van der Waals surface area contributed by atoms with Crippen molar-refractivity contribution in [1.82, 2.24) is 0 Å². The summed E-state index contributed by atoms with van der Waals surface area (Å²) < 4.78 is 0. The molecule has 15 heavy (non-hydrogen) atoms. The van der Waals surface area contributed by atoms with E-state index < -0.39 is 0 Å². The number of allylic oxidation sites excluding steroid dienone is 2. The van der Waals surface area contributed by atoms with Crippen molar-refractivity contribution in [3.05, 3.63) is 53.3 Å². The second-order valence-corrected chi connectivity index (χ2v) is 4.06. The molecule has 0 fully saturated rings. The van der Waals surface area contributed by atoms with E-state index >= 15 is 0 Å². The molecule has 1 N–H and O–H groups in total. The number of aliphatic hydroxyl groups excluding tert-OH is 1. The molecule has 2 aromatic carbocycles. The van der Waals surface area contributed by atoms with Crippen molar-refractivity contribution in [2.75, 3.05) is 0 Å². The third-order valence-corrected chi connectivity index (χ3v) is 3.12. The van der Waals surface area contributed by atoms with E-state index in [2.05, 4.69) is 36.4 Å². The minimum atomic E-state index is 0.443. The Labute approximate surface area is 88.7 Å². The molecule has 1 aliphatic rings. The molecule has 0 radical (unpaired) electrons. The van der Waals surface area contributed by atoms with Gasteiger partial charge in [-0.2, -0.15) is 0 Å². The van der Waals surface area contributed by atoms with Crippen LogP contribution in [0.1, 0.15) is 18.1 Å². The zero-order chi connectivity index (χ0) is 10.4. The van der Waals surface area contributed by atoms with Gasteiger partial charge in [0.05, 0.1) is 5.76 Å². The maximum Gasteiger partial charge on any atom is 0.0933 e. The zero-order valence-electron chi connectivity index (χ0n) is 8.62. The minimum Gasteiger partial charge on any atom is -0.512 e. The van der Waals surface area contributed by atoms with Crippen LogP contribution in [0.3, 0.4) is 0 Å². The molecule has 0 spiro atoms. The molecule has 0 amide bonds. The molecule has 2 aromatic rings. The lowest BCUT2D eigenvalue weighted by Crippen LogP contribution is -1.84. The smallest absolute Gasteiger partial charge is 0.0933 e. The molecule has 1 aliphatic carbocycles. The van der Waals surface area contributed by atoms with E-state index in [4.69, 9.17) is 0 Å². The SMILES string of the molecule is C/C(O)=C1\Cc2cccc3cccc1c23. The molecule has 74 valence electrons. The van der Waals surface area contributed by atoms with Gasteiger partial charge in [0, 0.05) is 12.0 Å². The van der Waals surface area contributed by atoms with E-state index in [1.165, 1.54) is 21.9 Å². The summed E-state index contributed by atoms with van der Waals surface area (Å²) in [6.07, 6.45) is 0.860. The number of rotatable bonds is 0. The van der Waals surface area contributed by atoms with Crippen LogP contribution in [0.15, 0.2) is 42.2 Å². The monoisotopic (exact) mass is 196 g/mol. The highest BCUT2D eigenvalue weighted by molar-refractivity contribution is 6.01. The summed E-state index contributed by atoms with van der Waals surface area (Å²) in [6.45, 7) is 1.76. The Bertz CT molecular complexity index is 570. The van der Waals surface area contributed by atoms with Crippen molar-refractivity contribution in [3.8, 4) is 0 Å². The molecular weight excluding hydrogens is 184 g/mol. The summed E-state index contributed by atoms with van der Waals surface area (Å²) in [4.78, 5) is 0. The lowest BCUT2D eigenvalue weighted by atomic mass is 10.0. The van der Waals surface area contributed by atoms with Crippen LogP contribution < -0.4 is 0 Å². The largest absolute Gasteiger partial charge is 0.512 e. The Morgan fingerprint density at radius 1 is 1.13 bits per heavy atom. The predicted octanol–water partition coefficient (Wildman–Crippen LogP) is 3.68. The molecule has 0 saturated heterocycles. The van der Waals surface area contributed by atoms with Crippen LogP contribution in [0, 0.1) is 0 Å². The van der Waals surface area contributed by atoms with E-state index in [9.17, 15) is 5.11 Å². The third-order valence-electron chi connectivity index (χ3n) is 3.12. The Morgan fingerprint density at radius 3 is 2.60 bits per heavy atom. The lowest BCUT2D eigenvalue weighted by molar-refractivity contribution is 0.416. The number of benzene rings is 2. The van der Waals surface area contributed by atoms with Gasteiger partial charge in [0.25, 0.3) is 0 Å². The van der Waals surface area contributed by atoms with E-state index in [0.29, 0.717) is 5.76 Å². The first-order valence-electron chi connectivity index (χ1n) is 5.17. The second-order valence-electron chi connectivity index (χ2n) is 4.06. The Hall–Kier alpha value is -1.76. The quantitative estimate of drug-likeness (QED) is 0.637. The van der Waals surface area contributed by atoms with Crippen LogP contribution in [-0.4, -0.2) is 5.11 Å². The van der Waals surface area contributed by atoms with E-state index in [0.717, 1.165) is 12.0 Å². The topological polar surface area (TPSA) is 20.2 Å². The van der Waals surface area contributed by atoms with Gasteiger partial charge in [-0.05, 0) is 28.8 Å². The Balaban J connectivity index is 2.47. The summed E-state index contributed by atoms with van der Waals surface area (Å²) in [5.41, 5.74) is 3.59. The number of hydrogen-bond acceptors (Lipinski definition) is 1. The number of hydrogen-bond donors (Lipinski definition) is 1. The summed E-state index contributed by atoms with van der Waals surface area (Å²) >= 11 is 0. The molecule has 0 aromatic heterocycles. The molecule has 0 saturated carbocycles. The highest BCUT2D eigenvalue weighted by Gasteiger charge is 2.19. The molecule has 0 atom stereocenters. The Morgan fingerprint density at radius 2 is 1.87 bits per heavy atom. The maximum absolute atomic E-state index is 9.66. The predicted molar refractivity (Wildman–Crippen MR) is 62.9 cm³/mol. The van der Waals surface area contributed by atoms with Crippen molar-refractivity contribution in [3.63, 3.8) is 0 Å². The fourth-order valence-corrected chi connectivity index (χ4v) is 2.43. The molecule has 0 heterocycles. The van der Waals surface area contributed by atoms with Gasteiger partial charge in [0.1, 0.15) is 0 Å². The molecule has 3 rings (SSSR count). The summed E-state index contributed by atoms with van der Waals surface area (Å²) in [7, 11) is 0. The van der Waals surface area contributed by atoms with Gasteiger partial charge >= 0.3 is 0 Å². The Kier molecular flexibility index (Phi) is 1.63. The van der Waals surface area contributed by atoms with Crippen LogP contribution in [0.4, 0.5) is 0 Å². The van der Waals surface area contributed by atoms with Gasteiger partial charge in [-0.25, -0.2) is 0 Å².